The Hall–Kier alpha value is -2.93. The number of nitrogens with zero attached hydrogens (tertiary/aromatic N) is 2. The van der Waals surface area contributed by atoms with Crippen LogP contribution in [0.1, 0.15) is 10.6 Å². The van der Waals surface area contributed by atoms with Crippen molar-refractivity contribution in [2.24, 2.45) is 0 Å². The van der Waals surface area contributed by atoms with E-state index in [2.05, 4.69) is 4.98 Å². The fourth-order valence-electron chi connectivity index (χ4n) is 2.45. The Morgan fingerprint density at radius 3 is 2.75 bits per heavy atom. The Morgan fingerprint density at radius 2 is 1.92 bits per heavy atom. The van der Waals surface area contributed by atoms with Gasteiger partial charge in [0.1, 0.15) is 18.2 Å². The molecule has 2 aromatic carbocycles. The van der Waals surface area contributed by atoms with Gasteiger partial charge in [0.15, 0.2) is 11.5 Å². The number of nitro benzene ring substituents is 1. The largest absolute Gasteiger partial charge is 0.486 e. The van der Waals surface area contributed by atoms with Crippen molar-refractivity contribution in [3.05, 3.63) is 57.1 Å². The maximum Gasteiger partial charge on any atom is 0.270 e. The Bertz CT molecular complexity index is 964. The molecule has 120 valence electrons. The second-order valence-corrected chi connectivity index (χ2v) is 6.26. The Kier molecular flexibility index (Phi) is 3.62. The van der Waals surface area contributed by atoms with Gasteiger partial charge in [-0.05, 0) is 29.8 Å². The highest BCUT2D eigenvalue weighted by atomic mass is 32.1. The summed E-state index contributed by atoms with van der Waals surface area (Å²) in [6.45, 7) is 1.12. The predicted octanol–water partition coefficient (Wildman–Crippen LogP) is 4.15. The molecule has 0 fully saturated rings. The van der Waals surface area contributed by atoms with Crippen LogP contribution in [0.15, 0.2) is 36.4 Å². The lowest BCUT2D eigenvalue weighted by molar-refractivity contribution is -0.384. The standard InChI is InChI=1S/C17H12N2O4S/c20-19(21)12-3-4-13-16(10-12)24-17(18-13)6-2-11-1-5-14-15(9-11)23-8-7-22-14/h1-6,9-10H,7-8H2/b6-2+. The summed E-state index contributed by atoms with van der Waals surface area (Å²) in [5.41, 5.74) is 1.81. The molecule has 2 heterocycles. The second kappa shape index (κ2) is 5.93. The van der Waals surface area contributed by atoms with Crippen LogP contribution in [0, 0.1) is 10.1 Å². The molecule has 1 aliphatic heterocycles. The Labute approximate surface area is 141 Å². The molecular formula is C17H12N2O4S. The van der Waals surface area contributed by atoms with E-state index in [0.29, 0.717) is 13.2 Å². The number of aromatic nitrogens is 1. The lowest BCUT2D eigenvalue weighted by atomic mass is 10.2. The van der Waals surface area contributed by atoms with Crippen LogP contribution < -0.4 is 9.47 Å². The van der Waals surface area contributed by atoms with Crippen molar-refractivity contribution in [2.75, 3.05) is 13.2 Å². The van der Waals surface area contributed by atoms with Gasteiger partial charge in [0.05, 0.1) is 15.1 Å². The third-order valence-electron chi connectivity index (χ3n) is 3.58. The number of hydrogen-bond donors (Lipinski definition) is 0. The maximum absolute atomic E-state index is 10.8. The van der Waals surface area contributed by atoms with Crippen molar-refractivity contribution in [1.82, 2.24) is 4.98 Å². The van der Waals surface area contributed by atoms with Gasteiger partial charge in [-0.25, -0.2) is 4.98 Å². The molecule has 0 N–H and O–H groups in total. The lowest BCUT2D eigenvalue weighted by Crippen LogP contribution is -2.15. The van der Waals surface area contributed by atoms with E-state index in [4.69, 9.17) is 9.47 Å². The summed E-state index contributed by atoms with van der Waals surface area (Å²) in [5, 5.41) is 11.6. The molecule has 0 amide bonds. The van der Waals surface area contributed by atoms with Crippen molar-refractivity contribution in [1.29, 1.82) is 0 Å². The zero-order valence-corrected chi connectivity index (χ0v) is 13.3. The highest BCUT2D eigenvalue weighted by Crippen LogP contribution is 2.32. The third-order valence-corrected chi connectivity index (χ3v) is 4.57. The van der Waals surface area contributed by atoms with Gasteiger partial charge in [-0.15, -0.1) is 11.3 Å². The number of benzene rings is 2. The van der Waals surface area contributed by atoms with Crippen LogP contribution in [0.2, 0.25) is 0 Å². The fourth-order valence-corrected chi connectivity index (χ4v) is 3.35. The molecule has 0 unspecified atom stereocenters. The minimum Gasteiger partial charge on any atom is -0.486 e. The van der Waals surface area contributed by atoms with Crippen LogP contribution in [0.4, 0.5) is 5.69 Å². The molecule has 0 aliphatic carbocycles. The van der Waals surface area contributed by atoms with Crippen molar-refractivity contribution in [3.63, 3.8) is 0 Å². The van der Waals surface area contributed by atoms with Crippen molar-refractivity contribution in [3.8, 4) is 11.5 Å². The predicted molar refractivity (Wildman–Crippen MR) is 92.6 cm³/mol. The van der Waals surface area contributed by atoms with E-state index >= 15 is 0 Å². The van der Waals surface area contributed by atoms with Gasteiger partial charge in [0.25, 0.3) is 5.69 Å². The molecule has 0 saturated heterocycles. The van der Waals surface area contributed by atoms with Crippen LogP contribution in [0.3, 0.4) is 0 Å². The van der Waals surface area contributed by atoms with Crippen LogP contribution >= 0.6 is 11.3 Å². The molecule has 0 bridgehead atoms. The molecule has 6 nitrogen and oxygen atoms in total. The molecule has 0 atom stereocenters. The van der Waals surface area contributed by atoms with Crippen molar-refractivity contribution in [2.45, 2.75) is 0 Å². The van der Waals surface area contributed by atoms with Gasteiger partial charge in [-0.2, -0.15) is 0 Å². The number of non-ortho nitro benzene ring substituents is 1. The number of fused-ring (bicyclic) bond motifs is 2. The normalized spacial score (nSPS) is 13.5. The molecule has 0 spiro atoms. The average molecular weight is 340 g/mol. The second-order valence-electron chi connectivity index (χ2n) is 5.20. The van der Waals surface area contributed by atoms with E-state index in [-0.39, 0.29) is 5.69 Å². The van der Waals surface area contributed by atoms with Crippen LogP contribution in [0.5, 0.6) is 11.5 Å². The number of hydrogen-bond acceptors (Lipinski definition) is 6. The van der Waals surface area contributed by atoms with Crippen LogP contribution in [0.25, 0.3) is 22.4 Å². The quantitative estimate of drug-likeness (QED) is 0.529. The number of nitro groups is 1. The first-order chi connectivity index (χ1) is 11.7. The topological polar surface area (TPSA) is 74.5 Å². The van der Waals surface area contributed by atoms with Crippen molar-refractivity contribution < 1.29 is 14.4 Å². The molecular weight excluding hydrogens is 328 g/mol. The zero-order chi connectivity index (χ0) is 16.5. The molecule has 1 aliphatic rings. The SMILES string of the molecule is O=[N+]([O-])c1ccc2nc(/C=C/c3ccc4c(c3)OCCO4)sc2c1. The van der Waals surface area contributed by atoms with E-state index < -0.39 is 4.92 Å². The van der Waals surface area contributed by atoms with Crippen LogP contribution in [-0.4, -0.2) is 23.1 Å². The van der Waals surface area contributed by atoms with Gasteiger partial charge in [0, 0.05) is 12.1 Å². The number of rotatable bonds is 3. The third kappa shape index (κ3) is 2.81. The van der Waals surface area contributed by atoms with Crippen LogP contribution in [-0.2, 0) is 0 Å². The van der Waals surface area contributed by atoms with E-state index in [1.807, 2.05) is 30.4 Å². The number of ether oxygens (including phenoxy) is 2. The zero-order valence-electron chi connectivity index (χ0n) is 12.5. The first-order valence-corrected chi connectivity index (χ1v) is 8.13. The number of thiazole rings is 1. The summed E-state index contributed by atoms with van der Waals surface area (Å²) in [4.78, 5) is 14.9. The minimum absolute atomic E-state index is 0.0773. The molecule has 0 saturated carbocycles. The minimum atomic E-state index is -0.399. The summed E-state index contributed by atoms with van der Waals surface area (Å²) in [5.74, 6) is 1.49. The molecule has 0 radical (unpaired) electrons. The van der Waals surface area contributed by atoms with E-state index in [1.54, 1.807) is 12.1 Å². The molecule has 3 aromatic rings. The monoisotopic (exact) mass is 340 g/mol. The Balaban J connectivity index is 1.61. The Morgan fingerprint density at radius 1 is 1.08 bits per heavy atom. The van der Waals surface area contributed by atoms with Crippen molar-refractivity contribution >= 4 is 39.4 Å². The summed E-state index contributed by atoms with van der Waals surface area (Å²) in [6.07, 6.45) is 3.83. The summed E-state index contributed by atoms with van der Waals surface area (Å²) in [7, 11) is 0. The summed E-state index contributed by atoms with van der Waals surface area (Å²) in [6, 6.07) is 10.4. The molecule has 24 heavy (non-hydrogen) atoms. The first-order valence-electron chi connectivity index (χ1n) is 7.32. The maximum atomic E-state index is 10.8. The van der Waals surface area contributed by atoms with Gasteiger partial charge < -0.3 is 9.47 Å². The molecule has 4 rings (SSSR count). The first kappa shape index (κ1) is 14.6. The average Bonchev–Trinajstić information content (AvgIpc) is 3.01. The fraction of sp³-hybridized carbons (Fsp3) is 0.118. The highest BCUT2D eigenvalue weighted by Gasteiger charge is 2.11. The lowest BCUT2D eigenvalue weighted by Gasteiger charge is -2.18. The van der Waals surface area contributed by atoms with E-state index in [0.717, 1.165) is 32.3 Å². The smallest absolute Gasteiger partial charge is 0.270 e. The van der Waals surface area contributed by atoms with Gasteiger partial charge in [-0.3, -0.25) is 10.1 Å². The molecule has 1 aromatic heterocycles. The van der Waals surface area contributed by atoms with Gasteiger partial charge in [0.2, 0.25) is 0 Å². The summed E-state index contributed by atoms with van der Waals surface area (Å²) >= 11 is 1.42. The summed E-state index contributed by atoms with van der Waals surface area (Å²) < 4.78 is 11.9. The molecule has 7 heteroatoms. The van der Waals surface area contributed by atoms with Gasteiger partial charge >= 0.3 is 0 Å². The van der Waals surface area contributed by atoms with E-state index in [9.17, 15) is 10.1 Å². The van der Waals surface area contributed by atoms with Gasteiger partial charge in [-0.1, -0.05) is 12.1 Å². The van der Waals surface area contributed by atoms with E-state index in [1.165, 1.54) is 17.4 Å². The highest BCUT2D eigenvalue weighted by molar-refractivity contribution is 7.19.